The lowest BCUT2D eigenvalue weighted by atomic mass is 10.2. The summed E-state index contributed by atoms with van der Waals surface area (Å²) < 4.78 is 30.8. The van der Waals surface area contributed by atoms with Gasteiger partial charge in [0, 0.05) is 20.2 Å². The number of nitrogens with one attached hydrogen (secondary N) is 1. The van der Waals surface area contributed by atoms with E-state index in [9.17, 15) is 8.42 Å². The second kappa shape index (κ2) is 7.62. The summed E-state index contributed by atoms with van der Waals surface area (Å²) in [5.74, 6) is 0. The maximum atomic E-state index is 11.7. The van der Waals surface area contributed by atoms with E-state index in [1.807, 2.05) is 6.07 Å². The molecule has 0 unspecified atom stereocenters. The minimum absolute atomic E-state index is 0. The van der Waals surface area contributed by atoms with Gasteiger partial charge in [-0.15, -0.1) is 12.4 Å². The Morgan fingerprint density at radius 1 is 1.41 bits per heavy atom. The first-order valence-electron chi connectivity index (χ1n) is 4.88. The first kappa shape index (κ1) is 16.3. The van der Waals surface area contributed by atoms with Gasteiger partial charge in [0.2, 0.25) is 10.0 Å². The third-order valence-electron chi connectivity index (χ3n) is 1.96. The van der Waals surface area contributed by atoms with Gasteiger partial charge in [-0.3, -0.25) is 0 Å². The summed E-state index contributed by atoms with van der Waals surface area (Å²) in [6.07, 6.45) is 0. The van der Waals surface area contributed by atoms with Gasteiger partial charge in [-0.05, 0) is 17.7 Å². The Morgan fingerprint density at radius 2 is 2.12 bits per heavy atom. The molecule has 0 atom stereocenters. The van der Waals surface area contributed by atoms with Crippen molar-refractivity contribution in [3.63, 3.8) is 0 Å². The number of ether oxygens (including phenoxy) is 1. The third kappa shape index (κ3) is 5.01. The Hall–Kier alpha value is -0.660. The zero-order valence-electron chi connectivity index (χ0n) is 9.55. The summed E-state index contributed by atoms with van der Waals surface area (Å²) in [5, 5.41) is 0. The molecule has 0 aliphatic heterocycles. The fraction of sp³-hybridized carbons (Fsp3) is 0.400. The second-order valence-corrected chi connectivity index (χ2v) is 5.03. The Kier molecular flexibility index (Phi) is 7.33. The monoisotopic (exact) mass is 280 g/mol. The molecule has 0 bridgehead atoms. The molecule has 0 aromatic heterocycles. The zero-order valence-corrected chi connectivity index (χ0v) is 11.2. The summed E-state index contributed by atoms with van der Waals surface area (Å²) in [4.78, 5) is 0.232. The quantitative estimate of drug-likeness (QED) is 0.795. The van der Waals surface area contributed by atoms with Crippen LogP contribution in [0.1, 0.15) is 5.56 Å². The largest absolute Gasteiger partial charge is 0.380 e. The number of halogens is 1. The van der Waals surface area contributed by atoms with Crippen LogP contribution in [0.5, 0.6) is 0 Å². The molecule has 1 aromatic rings. The van der Waals surface area contributed by atoms with Crippen molar-refractivity contribution >= 4 is 22.4 Å². The predicted octanol–water partition coefficient (Wildman–Crippen LogP) is 0.492. The fourth-order valence-corrected chi connectivity index (χ4v) is 2.36. The van der Waals surface area contributed by atoms with Gasteiger partial charge < -0.3 is 10.5 Å². The van der Waals surface area contributed by atoms with E-state index in [0.29, 0.717) is 6.61 Å². The SMILES string of the molecule is COCc1cccc(S(=O)(=O)NCCN)c1.Cl. The minimum Gasteiger partial charge on any atom is -0.380 e. The number of hydrogen-bond donors (Lipinski definition) is 2. The molecule has 0 saturated carbocycles. The summed E-state index contributed by atoms with van der Waals surface area (Å²) >= 11 is 0. The van der Waals surface area contributed by atoms with E-state index in [0.717, 1.165) is 5.56 Å². The molecule has 3 N–H and O–H groups in total. The van der Waals surface area contributed by atoms with E-state index >= 15 is 0 Å². The Bertz CT molecular complexity index is 437. The molecule has 0 aliphatic carbocycles. The zero-order chi connectivity index (χ0) is 12.0. The Morgan fingerprint density at radius 3 is 2.71 bits per heavy atom. The molecule has 0 spiro atoms. The third-order valence-corrected chi connectivity index (χ3v) is 3.41. The summed E-state index contributed by atoms with van der Waals surface area (Å²) in [6, 6.07) is 6.62. The van der Waals surface area contributed by atoms with E-state index in [1.165, 1.54) is 6.07 Å². The van der Waals surface area contributed by atoms with E-state index in [2.05, 4.69) is 4.72 Å². The van der Waals surface area contributed by atoms with Gasteiger partial charge in [0.25, 0.3) is 0 Å². The van der Waals surface area contributed by atoms with E-state index in [4.69, 9.17) is 10.5 Å². The Labute approximate surface area is 108 Å². The van der Waals surface area contributed by atoms with Crippen LogP contribution in [0.25, 0.3) is 0 Å². The summed E-state index contributed by atoms with van der Waals surface area (Å²) in [5.41, 5.74) is 6.06. The highest BCUT2D eigenvalue weighted by atomic mass is 35.5. The van der Waals surface area contributed by atoms with Crippen LogP contribution in [-0.4, -0.2) is 28.6 Å². The van der Waals surface area contributed by atoms with Crippen LogP contribution >= 0.6 is 12.4 Å². The molecule has 0 aliphatic rings. The van der Waals surface area contributed by atoms with Crippen molar-refractivity contribution in [2.75, 3.05) is 20.2 Å². The van der Waals surface area contributed by atoms with Gasteiger partial charge in [-0.25, -0.2) is 13.1 Å². The van der Waals surface area contributed by atoms with Crippen LogP contribution in [0, 0.1) is 0 Å². The number of hydrogen-bond acceptors (Lipinski definition) is 4. The van der Waals surface area contributed by atoms with Gasteiger partial charge in [0.1, 0.15) is 0 Å². The lowest BCUT2D eigenvalue weighted by molar-refractivity contribution is 0.184. The molecule has 17 heavy (non-hydrogen) atoms. The molecule has 0 fully saturated rings. The summed E-state index contributed by atoms with van der Waals surface area (Å²) in [7, 11) is -1.89. The molecule has 0 saturated heterocycles. The number of rotatable bonds is 6. The van der Waals surface area contributed by atoms with E-state index in [-0.39, 0.29) is 30.4 Å². The van der Waals surface area contributed by atoms with Crippen molar-refractivity contribution in [2.24, 2.45) is 5.73 Å². The molecule has 1 rings (SSSR count). The smallest absolute Gasteiger partial charge is 0.240 e. The number of methoxy groups -OCH3 is 1. The topological polar surface area (TPSA) is 81.4 Å². The molecule has 7 heteroatoms. The predicted molar refractivity (Wildman–Crippen MR) is 68.6 cm³/mol. The van der Waals surface area contributed by atoms with Crippen molar-refractivity contribution in [3.8, 4) is 0 Å². The summed E-state index contributed by atoms with van der Waals surface area (Å²) in [6.45, 7) is 0.897. The van der Waals surface area contributed by atoms with Gasteiger partial charge >= 0.3 is 0 Å². The average molecular weight is 281 g/mol. The van der Waals surface area contributed by atoms with Crippen molar-refractivity contribution in [1.82, 2.24) is 4.72 Å². The van der Waals surface area contributed by atoms with Crippen LogP contribution in [0.2, 0.25) is 0 Å². The van der Waals surface area contributed by atoms with E-state index in [1.54, 1.807) is 19.2 Å². The number of sulfonamides is 1. The Balaban J connectivity index is 0.00000256. The van der Waals surface area contributed by atoms with Crippen molar-refractivity contribution in [3.05, 3.63) is 29.8 Å². The highest BCUT2D eigenvalue weighted by Gasteiger charge is 2.12. The van der Waals surface area contributed by atoms with Gasteiger partial charge in [0.05, 0.1) is 11.5 Å². The second-order valence-electron chi connectivity index (χ2n) is 3.27. The minimum atomic E-state index is -3.45. The van der Waals surface area contributed by atoms with Gasteiger partial charge in [0.15, 0.2) is 0 Å². The molecule has 0 radical (unpaired) electrons. The van der Waals surface area contributed by atoms with E-state index < -0.39 is 10.0 Å². The molecular formula is C10H17ClN2O3S. The van der Waals surface area contributed by atoms with Crippen LogP contribution in [-0.2, 0) is 21.4 Å². The molecule has 1 aromatic carbocycles. The van der Waals surface area contributed by atoms with Gasteiger partial charge in [-0.1, -0.05) is 12.1 Å². The van der Waals surface area contributed by atoms with Crippen molar-refractivity contribution in [2.45, 2.75) is 11.5 Å². The molecule has 0 amide bonds. The number of benzene rings is 1. The molecule has 0 heterocycles. The van der Waals surface area contributed by atoms with Crippen molar-refractivity contribution < 1.29 is 13.2 Å². The maximum Gasteiger partial charge on any atom is 0.240 e. The highest BCUT2D eigenvalue weighted by Crippen LogP contribution is 2.11. The lowest BCUT2D eigenvalue weighted by Crippen LogP contribution is -2.29. The lowest BCUT2D eigenvalue weighted by Gasteiger charge is -2.07. The maximum absolute atomic E-state index is 11.7. The van der Waals surface area contributed by atoms with Crippen LogP contribution in [0.4, 0.5) is 0 Å². The number of nitrogens with two attached hydrogens (primary N) is 1. The molecule has 98 valence electrons. The van der Waals surface area contributed by atoms with Crippen LogP contribution < -0.4 is 10.5 Å². The van der Waals surface area contributed by atoms with Crippen molar-refractivity contribution in [1.29, 1.82) is 0 Å². The molecule has 5 nitrogen and oxygen atoms in total. The molecular weight excluding hydrogens is 264 g/mol. The first-order chi connectivity index (χ1) is 7.60. The highest BCUT2D eigenvalue weighted by molar-refractivity contribution is 7.89. The van der Waals surface area contributed by atoms with Gasteiger partial charge in [-0.2, -0.15) is 0 Å². The standard InChI is InChI=1S/C10H16N2O3S.ClH/c1-15-8-9-3-2-4-10(7-9)16(13,14)12-6-5-11;/h2-4,7,12H,5-6,8,11H2,1H3;1H. The van der Waals surface area contributed by atoms with Crippen LogP contribution in [0.3, 0.4) is 0 Å². The normalized spacial score (nSPS) is 10.9. The first-order valence-corrected chi connectivity index (χ1v) is 6.36. The fourth-order valence-electron chi connectivity index (χ4n) is 1.25. The van der Waals surface area contributed by atoms with Crippen LogP contribution in [0.15, 0.2) is 29.2 Å². The average Bonchev–Trinajstić information content (AvgIpc) is 2.27.